The summed E-state index contributed by atoms with van der Waals surface area (Å²) in [5.41, 5.74) is 12.6. The number of aromatic nitrogens is 3. The Labute approximate surface area is 364 Å². The first kappa shape index (κ1) is 43.4. The topological polar surface area (TPSA) is 30.7 Å². The largest absolute Gasteiger partial charge is 0.333 e. The van der Waals surface area contributed by atoms with Crippen molar-refractivity contribution in [2.24, 2.45) is 5.92 Å². The van der Waals surface area contributed by atoms with Crippen LogP contribution in [0.5, 0.6) is 0 Å². The zero-order valence-electron chi connectivity index (χ0n) is 34.9. The van der Waals surface area contributed by atoms with Gasteiger partial charge < -0.3 is 4.57 Å². The summed E-state index contributed by atoms with van der Waals surface area (Å²) in [5.74, 6) is 9.11. The van der Waals surface area contributed by atoms with E-state index in [2.05, 4.69) is 148 Å². The maximum absolute atomic E-state index is 14.3. The van der Waals surface area contributed by atoms with E-state index in [9.17, 15) is 4.39 Å². The Morgan fingerprint density at radius 3 is 2.07 bits per heavy atom. The summed E-state index contributed by atoms with van der Waals surface area (Å²) in [6.07, 6.45) is 3.27. The molecule has 0 fully saturated rings. The molecule has 58 heavy (non-hydrogen) atoms. The zero-order chi connectivity index (χ0) is 40.4. The molecule has 0 aliphatic carbocycles. The van der Waals surface area contributed by atoms with E-state index in [0.717, 1.165) is 55.9 Å². The van der Waals surface area contributed by atoms with Crippen molar-refractivity contribution in [3.05, 3.63) is 155 Å². The van der Waals surface area contributed by atoms with Gasteiger partial charge in [-0.05, 0) is 64.4 Å². The fourth-order valence-corrected chi connectivity index (χ4v) is 11.8. The molecule has 0 amide bonds. The molecule has 0 bridgehead atoms. The van der Waals surface area contributed by atoms with Crippen LogP contribution in [-0.4, -0.2) is 27.8 Å². The van der Waals surface area contributed by atoms with E-state index in [1.165, 1.54) is 45.2 Å². The molecule has 3 nitrogen and oxygen atoms in total. The minimum Gasteiger partial charge on any atom is -0.333 e. The monoisotopic (exact) mass is 1020 g/mol. The van der Waals surface area contributed by atoms with Crippen LogP contribution >= 0.6 is 11.3 Å². The predicted molar refractivity (Wildman–Crippen MR) is 244 cm³/mol. The van der Waals surface area contributed by atoms with Gasteiger partial charge in [0.2, 0.25) is 0 Å². The number of halogens is 1. The quantitative estimate of drug-likeness (QED) is 0.107. The van der Waals surface area contributed by atoms with Crippen molar-refractivity contribution in [1.29, 1.82) is 0 Å². The average Bonchev–Trinajstić information content (AvgIpc) is 3.78. The summed E-state index contributed by atoms with van der Waals surface area (Å²) in [5, 5.41) is 4.30. The fourth-order valence-electron chi connectivity index (χ4n) is 7.63. The molecule has 3 heterocycles. The van der Waals surface area contributed by atoms with Gasteiger partial charge in [-0.25, -0.2) is 4.39 Å². The zero-order valence-corrected chi connectivity index (χ0v) is 40.3. The molecule has 0 spiro atoms. The Bertz CT molecular complexity index is 2610. The first-order valence-electron chi connectivity index (χ1n) is 20.1. The molecule has 0 saturated carbocycles. The number of fused-ring (bicyclic) bond motifs is 2. The molecule has 299 valence electrons. The van der Waals surface area contributed by atoms with Crippen LogP contribution in [0, 0.1) is 23.2 Å². The van der Waals surface area contributed by atoms with E-state index in [1.807, 2.05) is 36.4 Å². The second-order valence-electron chi connectivity index (χ2n) is 17.0. The van der Waals surface area contributed by atoms with Crippen molar-refractivity contribution in [2.45, 2.75) is 77.1 Å². The first-order chi connectivity index (χ1) is 27.3. The van der Waals surface area contributed by atoms with E-state index in [1.54, 1.807) is 10.5 Å². The first-order valence-corrected chi connectivity index (χ1v) is 28.2. The van der Waals surface area contributed by atoms with E-state index in [0.29, 0.717) is 5.92 Å². The van der Waals surface area contributed by atoms with Crippen LogP contribution in [0.25, 0.3) is 60.6 Å². The van der Waals surface area contributed by atoms with Crippen LogP contribution < -0.4 is 4.40 Å². The summed E-state index contributed by atoms with van der Waals surface area (Å²) in [7, 11) is 0. The van der Waals surface area contributed by atoms with Crippen LogP contribution in [0.3, 0.4) is 0 Å². The second kappa shape index (κ2) is 18.4. The van der Waals surface area contributed by atoms with Crippen molar-refractivity contribution in [3.8, 4) is 39.5 Å². The van der Waals surface area contributed by atoms with Crippen molar-refractivity contribution >= 4 is 50.1 Å². The van der Waals surface area contributed by atoms with E-state index in [-0.39, 0.29) is 37.8 Å². The summed E-state index contributed by atoms with van der Waals surface area (Å²) >= 11 is -0.351. The fraction of sp³-hybridized carbons (Fsp3) is 0.255. The Kier molecular flexibility index (Phi) is 13.7. The number of benzene rings is 5. The van der Waals surface area contributed by atoms with Crippen LogP contribution in [0.1, 0.15) is 70.1 Å². The Hall–Kier alpha value is -4.20. The summed E-state index contributed by atoms with van der Waals surface area (Å²) < 4.78 is 19.2. The minimum absolute atomic E-state index is 0. The predicted octanol–water partition coefficient (Wildman–Crippen LogP) is 14.1. The van der Waals surface area contributed by atoms with Crippen molar-refractivity contribution in [2.75, 3.05) is 0 Å². The third-order valence-electron chi connectivity index (χ3n) is 10.4. The average molecular weight is 1020 g/mol. The van der Waals surface area contributed by atoms with Crippen LogP contribution in [0.15, 0.2) is 121 Å². The summed E-state index contributed by atoms with van der Waals surface area (Å²) in [6, 6.07) is 42.1. The second-order valence-corrected chi connectivity index (χ2v) is 28.4. The molecule has 8 rings (SSSR count). The van der Waals surface area contributed by atoms with E-state index >= 15 is 0 Å². The molecule has 1 radical (unpaired) electrons. The van der Waals surface area contributed by atoms with Crippen LogP contribution in [0.2, 0.25) is 17.3 Å². The molecule has 0 atom stereocenters. The number of hydrogen-bond acceptors (Lipinski definition) is 3. The Morgan fingerprint density at radius 2 is 1.43 bits per heavy atom. The number of imidazole rings is 1. The molecule has 3 aromatic heterocycles. The molecule has 0 saturated heterocycles. The number of para-hydroxylation sites is 2. The van der Waals surface area contributed by atoms with Crippen LogP contribution in [0.4, 0.5) is 4.39 Å². The van der Waals surface area contributed by atoms with Gasteiger partial charge in [0.25, 0.3) is 0 Å². The van der Waals surface area contributed by atoms with E-state index in [4.69, 9.17) is 9.97 Å². The number of pyridine rings is 1. The van der Waals surface area contributed by atoms with Gasteiger partial charge >= 0.3 is 126 Å². The molecule has 8 aromatic rings. The number of thiophene rings is 1. The molecule has 0 aliphatic rings. The Balaban J connectivity index is 0.000000230. The van der Waals surface area contributed by atoms with Crippen molar-refractivity contribution < 1.29 is 24.5 Å². The maximum Gasteiger partial charge on any atom is 0.113 e. The van der Waals surface area contributed by atoms with Gasteiger partial charge in [-0.2, -0.15) is 0 Å². The summed E-state index contributed by atoms with van der Waals surface area (Å²) in [4.78, 5) is 9.81. The SMILES string of the molecule is CC(C)Cc1cc(-c2[c-]cccc2)nc[c]1[Ge]([CH3])([CH3])[CH3].CC(C)c1cc(-c2ccccc2)cc(C(C)C)c1-n1c(-c2[c-]sc3ccc(F)cc23)nc2ccccc21.[Ir]. The van der Waals surface area contributed by atoms with Gasteiger partial charge in [-0.15, -0.1) is 5.39 Å². The third-order valence-corrected chi connectivity index (χ3v) is 15.6. The maximum atomic E-state index is 14.3. The smallest absolute Gasteiger partial charge is 0.113 e. The van der Waals surface area contributed by atoms with Crippen LogP contribution in [-0.2, 0) is 26.5 Å². The normalized spacial score (nSPS) is 11.7. The van der Waals surface area contributed by atoms with Crippen molar-refractivity contribution in [1.82, 2.24) is 14.5 Å². The van der Waals surface area contributed by atoms with E-state index < -0.39 is 13.3 Å². The third kappa shape index (κ3) is 9.32. The minimum atomic E-state index is -1.86. The van der Waals surface area contributed by atoms with Gasteiger partial charge in [-0.1, -0.05) is 97.9 Å². The molecule has 0 N–H and O–H groups in total. The van der Waals surface area contributed by atoms with Gasteiger partial charge in [-0.3, -0.25) is 16.3 Å². The molecular formula is C51H52FGeIrN3S-2. The number of rotatable bonds is 9. The molecular weight excluding hydrogens is 970 g/mol. The van der Waals surface area contributed by atoms with Gasteiger partial charge in [0.05, 0.1) is 16.9 Å². The standard InChI is InChI=1S/C33H28FN2S.C18H24GeN.Ir/c1-20(2)25-16-23(22-10-6-5-7-11-22)17-26(21(3)4)32(25)36-30-13-9-8-12-29(30)35-33(36)28-19-37-31-15-14-24(34)18-27(28)31;1-14(2)11-16-12-18(15-9-7-6-8-10-15)20-13-17(16)19(3,4)5;/h5-18,20-21H,1-4H3;6-9,12-14H,11H2,1-5H3;/q2*-1;. The molecule has 0 unspecified atom stereocenters. The molecule has 5 aromatic carbocycles. The summed E-state index contributed by atoms with van der Waals surface area (Å²) in [6.45, 7) is 13.6. The van der Waals surface area contributed by atoms with Crippen molar-refractivity contribution in [3.63, 3.8) is 0 Å². The van der Waals surface area contributed by atoms with Gasteiger partial charge in [0, 0.05) is 25.8 Å². The van der Waals surface area contributed by atoms with Gasteiger partial charge in [0.15, 0.2) is 0 Å². The Morgan fingerprint density at radius 1 is 0.759 bits per heavy atom. The van der Waals surface area contributed by atoms with Gasteiger partial charge in [0.1, 0.15) is 5.82 Å². The number of hydrogen-bond donors (Lipinski definition) is 0. The number of nitrogens with zero attached hydrogens (tertiary/aromatic N) is 3. The molecule has 7 heteroatoms. The molecule has 0 aliphatic heterocycles.